The van der Waals surface area contributed by atoms with E-state index in [4.69, 9.17) is 0 Å². The molecule has 0 aromatic carbocycles. The van der Waals surface area contributed by atoms with Crippen molar-refractivity contribution in [1.82, 2.24) is 10.0 Å². The van der Waals surface area contributed by atoms with Crippen molar-refractivity contribution < 1.29 is 8.42 Å². The van der Waals surface area contributed by atoms with Gasteiger partial charge in [-0.2, -0.15) is 0 Å². The minimum atomic E-state index is -3.38. The maximum Gasteiger partial charge on any atom is 0.250 e. The molecule has 2 N–H and O–H groups in total. The van der Waals surface area contributed by atoms with Crippen LogP contribution in [0.5, 0.6) is 0 Å². The molecule has 116 valence electrons. The van der Waals surface area contributed by atoms with E-state index in [0.717, 1.165) is 4.88 Å². The van der Waals surface area contributed by atoms with Gasteiger partial charge < -0.3 is 5.32 Å². The molecule has 0 amide bonds. The number of nitrogens with one attached hydrogen (secondary N) is 2. The zero-order chi connectivity index (χ0) is 15.3. The average molecular weight is 319 g/mol. The van der Waals surface area contributed by atoms with Crippen LogP contribution in [0.2, 0.25) is 0 Å². The van der Waals surface area contributed by atoms with E-state index in [0.29, 0.717) is 35.1 Å². The summed E-state index contributed by atoms with van der Waals surface area (Å²) in [6.07, 6.45) is 0. The van der Waals surface area contributed by atoms with Crippen LogP contribution in [0.1, 0.15) is 32.6 Å². The van der Waals surface area contributed by atoms with E-state index in [9.17, 15) is 8.42 Å². The van der Waals surface area contributed by atoms with Crippen LogP contribution >= 0.6 is 11.3 Å². The lowest BCUT2D eigenvalue weighted by Gasteiger charge is -2.24. The number of hydrogen-bond acceptors (Lipinski definition) is 4. The third kappa shape index (κ3) is 4.84. The first-order valence-electron chi connectivity index (χ1n) is 7.01. The minimum absolute atomic E-state index is 0.349. The highest BCUT2D eigenvalue weighted by atomic mass is 32.2. The van der Waals surface area contributed by atoms with E-state index in [1.165, 1.54) is 11.3 Å². The van der Waals surface area contributed by atoms with Crippen LogP contribution in [0.25, 0.3) is 0 Å². The van der Waals surface area contributed by atoms with E-state index in [-0.39, 0.29) is 0 Å². The Kier molecular flexibility index (Phi) is 6.64. The van der Waals surface area contributed by atoms with Crippen LogP contribution in [0, 0.1) is 17.8 Å². The fraction of sp³-hybridized carbons (Fsp3) is 0.714. The molecular formula is C14H26N2O2S2. The monoisotopic (exact) mass is 318 g/mol. The third-order valence-electron chi connectivity index (χ3n) is 3.47. The molecule has 1 aromatic rings. The molecule has 0 saturated heterocycles. The van der Waals surface area contributed by atoms with Crippen LogP contribution in [-0.4, -0.2) is 22.0 Å². The fourth-order valence-electron chi connectivity index (χ4n) is 2.29. The Morgan fingerprint density at radius 2 is 1.75 bits per heavy atom. The van der Waals surface area contributed by atoms with Crippen molar-refractivity contribution in [3.8, 4) is 0 Å². The van der Waals surface area contributed by atoms with Crippen LogP contribution in [0.15, 0.2) is 16.3 Å². The lowest BCUT2D eigenvalue weighted by Crippen LogP contribution is -2.33. The Morgan fingerprint density at radius 1 is 1.15 bits per heavy atom. The summed E-state index contributed by atoms with van der Waals surface area (Å²) < 4.78 is 27.7. The fourth-order valence-corrected chi connectivity index (χ4v) is 4.78. The molecule has 1 rings (SSSR count). The molecule has 1 aromatic heterocycles. The standard InChI is InChI=1S/C14H26N2O2S2/c1-10(2)13(11(3)4)9-16-20(17,18)14-7-6-12(19-14)8-15-5/h6-7,10-11,13,15-16H,8-9H2,1-5H3. The van der Waals surface area contributed by atoms with Gasteiger partial charge in [0, 0.05) is 18.0 Å². The van der Waals surface area contributed by atoms with Gasteiger partial charge in [0.15, 0.2) is 0 Å². The molecule has 4 nitrogen and oxygen atoms in total. The van der Waals surface area contributed by atoms with Gasteiger partial charge in [-0.1, -0.05) is 27.7 Å². The summed E-state index contributed by atoms with van der Waals surface area (Å²) in [6.45, 7) is 9.73. The molecule has 0 radical (unpaired) electrons. The van der Waals surface area contributed by atoms with Gasteiger partial charge in [-0.15, -0.1) is 11.3 Å². The zero-order valence-electron chi connectivity index (χ0n) is 12.9. The molecule has 0 aliphatic carbocycles. The van der Waals surface area contributed by atoms with E-state index in [1.54, 1.807) is 6.07 Å². The topological polar surface area (TPSA) is 58.2 Å². The van der Waals surface area contributed by atoms with Crippen molar-refractivity contribution in [3.63, 3.8) is 0 Å². The second-order valence-electron chi connectivity index (χ2n) is 5.75. The lowest BCUT2D eigenvalue weighted by molar-refractivity contribution is 0.289. The van der Waals surface area contributed by atoms with E-state index < -0.39 is 10.0 Å². The first kappa shape index (κ1) is 17.6. The number of sulfonamides is 1. The largest absolute Gasteiger partial charge is 0.315 e. The SMILES string of the molecule is CNCc1ccc(S(=O)(=O)NCC(C(C)C)C(C)C)s1. The van der Waals surface area contributed by atoms with Gasteiger partial charge in [0.1, 0.15) is 4.21 Å². The highest BCUT2D eigenvalue weighted by molar-refractivity contribution is 7.91. The predicted octanol–water partition coefficient (Wildman–Crippen LogP) is 2.67. The van der Waals surface area contributed by atoms with Crippen molar-refractivity contribution in [2.75, 3.05) is 13.6 Å². The van der Waals surface area contributed by atoms with E-state index >= 15 is 0 Å². The quantitative estimate of drug-likeness (QED) is 0.775. The molecule has 0 aliphatic heterocycles. The predicted molar refractivity (Wildman–Crippen MR) is 85.4 cm³/mol. The first-order chi connectivity index (χ1) is 9.27. The molecular weight excluding hydrogens is 292 g/mol. The number of hydrogen-bond donors (Lipinski definition) is 2. The molecule has 0 saturated carbocycles. The van der Waals surface area contributed by atoms with Crippen LogP contribution in [-0.2, 0) is 16.6 Å². The van der Waals surface area contributed by atoms with Crippen LogP contribution < -0.4 is 10.0 Å². The summed E-state index contributed by atoms with van der Waals surface area (Å²) in [6, 6.07) is 3.54. The molecule has 0 aliphatic rings. The lowest BCUT2D eigenvalue weighted by atomic mass is 9.86. The Hall–Kier alpha value is -0.430. The second kappa shape index (κ2) is 7.54. The van der Waals surface area contributed by atoms with Gasteiger partial charge in [0.25, 0.3) is 0 Å². The molecule has 0 unspecified atom stereocenters. The second-order valence-corrected chi connectivity index (χ2v) is 8.92. The van der Waals surface area contributed by atoms with E-state index in [1.807, 2.05) is 13.1 Å². The van der Waals surface area contributed by atoms with Gasteiger partial charge in [0.05, 0.1) is 0 Å². The summed E-state index contributed by atoms with van der Waals surface area (Å²) in [7, 11) is -1.53. The zero-order valence-corrected chi connectivity index (χ0v) is 14.6. The van der Waals surface area contributed by atoms with Crippen LogP contribution in [0.3, 0.4) is 0 Å². The normalized spacial score (nSPS) is 12.8. The minimum Gasteiger partial charge on any atom is -0.315 e. The molecule has 6 heteroatoms. The highest BCUT2D eigenvalue weighted by Crippen LogP contribution is 2.23. The van der Waals surface area contributed by atoms with Crippen molar-refractivity contribution >= 4 is 21.4 Å². The van der Waals surface area contributed by atoms with Gasteiger partial charge in [-0.3, -0.25) is 0 Å². The molecule has 0 bridgehead atoms. The smallest absolute Gasteiger partial charge is 0.250 e. The third-order valence-corrected chi connectivity index (χ3v) is 6.48. The van der Waals surface area contributed by atoms with Crippen molar-refractivity contribution in [1.29, 1.82) is 0 Å². The maximum absolute atomic E-state index is 12.3. The molecule has 1 heterocycles. The highest BCUT2D eigenvalue weighted by Gasteiger charge is 2.22. The Labute approximate surface area is 127 Å². The Morgan fingerprint density at radius 3 is 2.25 bits per heavy atom. The maximum atomic E-state index is 12.3. The summed E-state index contributed by atoms with van der Waals surface area (Å²) in [4.78, 5) is 1.03. The van der Waals surface area contributed by atoms with Crippen LogP contribution in [0.4, 0.5) is 0 Å². The summed E-state index contributed by atoms with van der Waals surface area (Å²) in [5.41, 5.74) is 0. The molecule has 0 spiro atoms. The number of rotatable bonds is 8. The van der Waals surface area contributed by atoms with Crippen molar-refractivity contribution in [2.24, 2.45) is 17.8 Å². The van der Waals surface area contributed by atoms with Crippen molar-refractivity contribution in [3.05, 3.63) is 17.0 Å². The molecule has 20 heavy (non-hydrogen) atoms. The average Bonchev–Trinajstić information content (AvgIpc) is 2.78. The van der Waals surface area contributed by atoms with Gasteiger partial charge in [-0.25, -0.2) is 13.1 Å². The Balaban J connectivity index is 2.73. The molecule has 0 atom stereocenters. The number of thiophene rings is 1. The summed E-state index contributed by atoms with van der Waals surface area (Å²) in [5.74, 6) is 1.27. The van der Waals surface area contributed by atoms with Gasteiger partial charge in [-0.05, 0) is 36.9 Å². The van der Waals surface area contributed by atoms with Gasteiger partial charge >= 0.3 is 0 Å². The molecule has 0 fully saturated rings. The summed E-state index contributed by atoms with van der Waals surface area (Å²) in [5, 5.41) is 3.02. The van der Waals surface area contributed by atoms with Crippen molar-refractivity contribution in [2.45, 2.75) is 38.4 Å². The Bertz CT molecular complexity index is 499. The van der Waals surface area contributed by atoms with Gasteiger partial charge in [0.2, 0.25) is 10.0 Å². The first-order valence-corrected chi connectivity index (χ1v) is 9.31. The summed E-state index contributed by atoms with van der Waals surface area (Å²) >= 11 is 1.32. The van der Waals surface area contributed by atoms with E-state index in [2.05, 4.69) is 37.7 Å².